The fraction of sp³-hybridized carbons (Fsp3) is 0. The molecule has 0 bridgehead atoms. The Morgan fingerprint density at radius 3 is 2.35 bits per heavy atom. The van der Waals surface area contributed by atoms with Crippen LogP contribution in [0.25, 0.3) is 0 Å². The Morgan fingerprint density at radius 2 is 1.80 bits per heavy atom. The maximum absolute atomic E-state index is 12.1. The van der Waals surface area contributed by atoms with Crippen molar-refractivity contribution in [2.75, 3.05) is 11.1 Å². The van der Waals surface area contributed by atoms with Gasteiger partial charge in [-0.05, 0) is 46.3 Å². The number of hydrogen-bond acceptors (Lipinski definition) is 3. The van der Waals surface area contributed by atoms with Gasteiger partial charge in [0.1, 0.15) is 0 Å². The number of nitrogens with two attached hydrogens (primary N) is 1. The molecule has 2 aromatic rings. The van der Waals surface area contributed by atoms with Crippen LogP contribution in [0.3, 0.4) is 0 Å². The van der Waals surface area contributed by atoms with Crippen LogP contribution in [0.1, 0.15) is 10.4 Å². The van der Waals surface area contributed by atoms with Crippen LogP contribution >= 0.6 is 39.1 Å². The molecule has 4 nitrogen and oxygen atoms in total. The SMILES string of the molecule is Nc1cc(C(=O)Nc2cc(Cl)c(O)c(Cl)c2)ccc1Br. The van der Waals surface area contributed by atoms with E-state index < -0.39 is 0 Å². The minimum Gasteiger partial charge on any atom is -0.505 e. The molecule has 0 unspecified atom stereocenters. The number of phenolic OH excluding ortho intramolecular Hbond substituents is 1. The van der Waals surface area contributed by atoms with E-state index in [2.05, 4.69) is 21.2 Å². The Bertz CT molecular complexity index is 669. The zero-order chi connectivity index (χ0) is 14.9. The fourth-order valence-corrected chi connectivity index (χ4v) is 2.26. The van der Waals surface area contributed by atoms with Crippen LogP contribution < -0.4 is 11.1 Å². The summed E-state index contributed by atoms with van der Waals surface area (Å²) in [5.74, 6) is -0.582. The second-order valence-electron chi connectivity index (χ2n) is 3.98. The molecule has 20 heavy (non-hydrogen) atoms. The van der Waals surface area contributed by atoms with Gasteiger partial charge in [-0.2, -0.15) is 0 Å². The van der Waals surface area contributed by atoms with Gasteiger partial charge in [0.2, 0.25) is 0 Å². The van der Waals surface area contributed by atoms with E-state index in [1.165, 1.54) is 12.1 Å². The van der Waals surface area contributed by atoms with Crippen molar-refractivity contribution in [3.63, 3.8) is 0 Å². The van der Waals surface area contributed by atoms with Crippen molar-refractivity contribution in [3.8, 4) is 5.75 Å². The Morgan fingerprint density at radius 1 is 1.20 bits per heavy atom. The molecule has 0 aliphatic heterocycles. The van der Waals surface area contributed by atoms with Crippen LogP contribution in [-0.4, -0.2) is 11.0 Å². The van der Waals surface area contributed by atoms with Gasteiger partial charge >= 0.3 is 0 Å². The van der Waals surface area contributed by atoms with E-state index in [1.54, 1.807) is 18.2 Å². The first kappa shape index (κ1) is 15.0. The van der Waals surface area contributed by atoms with Crippen LogP contribution in [0.5, 0.6) is 5.75 Å². The molecule has 0 aromatic heterocycles. The second kappa shape index (κ2) is 5.91. The molecule has 0 aliphatic carbocycles. The molecule has 2 rings (SSSR count). The van der Waals surface area contributed by atoms with Gasteiger partial charge < -0.3 is 16.2 Å². The van der Waals surface area contributed by atoms with Crippen molar-refractivity contribution in [1.29, 1.82) is 0 Å². The Hall–Kier alpha value is -1.43. The van der Waals surface area contributed by atoms with E-state index in [1.807, 2.05) is 0 Å². The first-order valence-corrected chi connectivity index (χ1v) is 6.98. The van der Waals surface area contributed by atoms with Crippen LogP contribution in [0.15, 0.2) is 34.8 Å². The molecule has 0 radical (unpaired) electrons. The fourth-order valence-electron chi connectivity index (χ4n) is 1.53. The molecule has 0 spiro atoms. The third-order valence-corrected chi connectivity index (χ3v) is 3.83. The number of amides is 1. The van der Waals surface area contributed by atoms with E-state index in [0.717, 1.165) is 0 Å². The molecule has 0 fully saturated rings. The lowest BCUT2D eigenvalue weighted by molar-refractivity contribution is 0.102. The van der Waals surface area contributed by atoms with Gasteiger partial charge in [0.25, 0.3) is 5.91 Å². The zero-order valence-electron chi connectivity index (χ0n) is 9.95. The van der Waals surface area contributed by atoms with Gasteiger partial charge in [0.05, 0.1) is 10.0 Å². The van der Waals surface area contributed by atoms with E-state index in [4.69, 9.17) is 28.9 Å². The Labute approximate surface area is 133 Å². The average Bonchev–Trinajstić information content (AvgIpc) is 2.39. The third kappa shape index (κ3) is 3.17. The summed E-state index contributed by atoms with van der Waals surface area (Å²) in [6, 6.07) is 7.66. The highest BCUT2D eigenvalue weighted by Crippen LogP contribution is 2.34. The van der Waals surface area contributed by atoms with Crippen LogP contribution in [0.2, 0.25) is 10.0 Å². The quantitative estimate of drug-likeness (QED) is 0.541. The first-order valence-electron chi connectivity index (χ1n) is 5.43. The van der Waals surface area contributed by atoms with E-state index in [-0.39, 0.29) is 21.7 Å². The maximum Gasteiger partial charge on any atom is 0.255 e. The second-order valence-corrected chi connectivity index (χ2v) is 5.65. The number of hydrogen-bond donors (Lipinski definition) is 3. The van der Waals surface area contributed by atoms with Crippen molar-refractivity contribution < 1.29 is 9.90 Å². The van der Waals surface area contributed by atoms with Gasteiger partial charge in [0, 0.05) is 21.4 Å². The number of rotatable bonds is 2. The van der Waals surface area contributed by atoms with Gasteiger partial charge in [-0.1, -0.05) is 23.2 Å². The summed E-state index contributed by atoms with van der Waals surface area (Å²) in [7, 11) is 0. The highest BCUT2D eigenvalue weighted by molar-refractivity contribution is 9.10. The predicted octanol–water partition coefficient (Wildman–Crippen LogP) is 4.30. The number of phenols is 1. The standard InChI is InChI=1S/C13H9BrCl2N2O2/c14-8-2-1-6(3-11(8)17)13(20)18-7-4-9(15)12(19)10(16)5-7/h1-5,19H,17H2,(H,18,20). The van der Waals surface area contributed by atoms with Gasteiger partial charge in [-0.15, -0.1) is 0 Å². The summed E-state index contributed by atoms with van der Waals surface area (Å²) in [5.41, 5.74) is 6.95. The van der Waals surface area contributed by atoms with E-state index >= 15 is 0 Å². The molecule has 2 aromatic carbocycles. The maximum atomic E-state index is 12.1. The molecule has 0 saturated carbocycles. The minimum absolute atomic E-state index is 0.0584. The monoisotopic (exact) mass is 374 g/mol. The summed E-state index contributed by atoms with van der Waals surface area (Å²) in [4.78, 5) is 12.1. The third-order valence-electron chi connectivity index (χ3n) is 2.53. The predicted molar refractivity (Wildman–Crippen MR) is 84.6 cm³/mol. The first-order chi connectivity index (χ1) is 9.38. The van der Waals surface area contributed by atoms with E-state index in [0.29, 0.717) is 21.4 Å². The molecule has 7 heteroatoms. The number of anilines is 2. The number of benzene rings is 2. The van der Waals surface area contributed by atoms with Crippen LogP contribution in [-0.2, 0) is 0 Å². The molecule has 0 aliphatic rings. The molecule has 0 atom stereocenters. The molecular weight excluding hydrogens is 367 g/mol. The van der Waals surface area contributed by atoms with Crippen molar-refractivity contribution in [3.05, 3.63) is 50.4 Å². The number of halogens is 3. The van der Waals surface area contributed by atoms with Crippen LogP contribution in [0.4, 0.5) is 11.4 Å². The van der Waals surface area contributed by atoms with Gasteiger partial charge in [-0.3, -0.25) is 4.79 Å². The summed E-state index contributed by atoms with van der Waals surface area (Å²) in [6.07, 6.45) is 0. The van der Waals surface area contributed by atoms with Crippen molar-refractivity contribution >= 4 is 56.4 Å². The number of nitrogen functional groups attached to an aromatic ring is 1. The van der Waals surface area contributed by atoms with Crippen molar-refractivity contribution in [1.82, 2.24) is 0 Å². The van der Waals surface area contributed by atoms with Crippen LogP contribution in [0, 0.1) is 0 Å². The number of carbonyl (C=O) groups is 1. The zero-order valence-corrected chi connectivity index (χ0v) is 13.1. The summed E-state index contributed by atoms with van der Waals surface area (Å²) in [6.45, 7) is 0. The Kier molecular flexibility index (Phi) is 4.42. The van der Waals surface area contributed by atoms with Gasteiger partial charge in [0.15, 0.2) is 5.75 Å². The lowest BCUT2D eigenvalue weighted by Crippen LogP contribution is -2.12. The average molecular weight is 376 g/mol. The van der Waals surface area contributed by atoms with E-state index in [9.17, 15) is 9.90 Å². The number of carbonyl (C=O) groups excluding carboxylic acids is 1. The van der Waals surface area contributed by atoms with Crippen molar-refractivity contribution in [2.45, 2.75) is 0 Å². The lowest BCUT2D eigenvalue weighted by atomic mass is 10.2. The highest BCUT2D eigenvalue weighted by atomic mass is 79.9. The molecule has 4 N–H and O–H groups in total. The summed E-state index contributed by atoms with van der Waals surface area (Å²) >= 11 is 14.8. The Balaban J connectivity index is 2.25. The molecule has 104 valence electrons. The lowest BCUT2D eigenvalue weighted by Gasteiger charge is -2.08. The molecule has 0 heterocycles. The van der Waals surface area contributed by atoms with Crippen molar-refractivity contribution in [2.24, 2.45) is 0 Å². The normalized spacial score (nSPS) is 10.3. The number of nitrogens with one attached hydrogen (secondary N) is 1. The summed E-state index contributed by atoms with van der Waals surface area (Å²) < 4.78 is 0.713. The molecular formula is C13H9BrCl2N2O2. The topological polar surface area (TPSA) is 75.4 Å². The largest absolute Gasteiger partial charge is 0.505 e. The molecule has 1 amide bonds. The summed E-state index contributed by atoms with van der Waals surface area (Å²) in [5, 5.41) is 12.2. The molecule has 0 saturated heterocycles. The highest BCUT2D eigenvalue weighted by Gasteiger charge is 2.11. The smallest absolute Gasteiger partial charge is 0.255 e. The minimum atomic E-state index is -0.359. The van der Waals surface area contributed by atoms with Gasteiger partial charge in [-0.25, -0.2) is 0 Å². The number of aromatic hydroxyl groups is 1.